The summed E-state index contributed by atoms with van der Waals surface area (Å²) in [5, 5.41) is 19.4. The Balaban J connectivity index is 1.58. The molecule has 0 bridgehead atoms. The van der Waals surface area contributed by atoms with Crippen LogP contribution in [0.5, 0.6) is 0 Å². The molecule has 5 nitrogen and oxygen atoms in total. The molecule has 0 N–H and O–H groups in total. The van der Waals surface area contributed by atoms with Gasteiger partial charge in [-0.2, -0.15) is 10.4 Å². The maximum Gasteiger partial charge on any atom is 0.134 e. The zero-order valence-corrected chi connectivity index (χ0v) is 17.8. The topological polar surface area (TPSA) is 67.4 Å². The van der Waals surface area contributed by atoms with E-state index in [1.165, 1.54) is 11.3 Å². The Hall–Kier alpha value is -3.86. The molecule has 0 saturated heterocycles. The second-order valence-electron chi connectivity index (χ2n) is 6.63. The van der Waals surface area contributed by atoms with E-state index in [9.17, 15) is 5.26 Å². The first-order chi connectivity index (χ1) is 15.3. The molecular formula is C24H15N5S2. The summed E-state index contributed by atoms with van der Waals surface area (Å²) in [5.74, 6) is 0. The number of aromatic nitrogens is 4. The predicted molar refractivity (Wildman–Crippen MR) is 126 cm³/mol. The van der Waals surface area contributed by atoms with E-state index in [-0.39, 0.29) is 0 Å². The van der Waals surface area contributed by atoms with Crippen molar-refractivity contribution in [1.29, 1.82) is 5.26 Å². The number of nitriles is 1. The van der Waals surface area contributed by atoms with E-state index in [4.69, 9.17) is 5.10 Å². The van der Waals surface area contributed by atoms with Crippen LogP contribution in [-0.4, -0.2) is 19.7 Å². The fraction of sp³-hybridized carbons (Fsp3) is 0. The fourth-order valence-electron chi connectivity index (χ4n) is 3.16. The molecule has 7 heteroatoms. The standard InChI is InChI=1S/C24H15N5S2/c25-14-18(24-27-21(16-31-24)17-8-10-26-11-9-17)13-19-15-29(20-5-2-1-3-6-20)28-23(19)22-7-4-12-30-22/h1-13,15-16H/b18-13-. The van der Waals surface area contributed by atoms with Crippen LogP contribution in [0, 0.1) is 11.3 Å². The number of hydrogen-bond acceptors (Lipinski definition) is 6. The maximum atomic E-state index is 9.88. The average molecular weight is 438 g/mol. The van der Waals surface area contributed by atoms with Gasteiger partial charge in [0.15, 0.2) is 0 Å². The lowest BCUT2D eigenvalue weighted by atomic mass is 10.1. The largest absolute Gasteiger partial charge is 0.265 e. The molecule has 0 radical (unpaired) electrons. The van der Waals surface area contributed by atoms with E-state index in [0.717, 1.165) is 33.1 Å². The number of hydrogen-bond donors (Lipinski definition) is 0. The third-order valence-electron chi connectivity index (χ3n) is 4.65. The highest BCUT2D eigenvalue weighted by atomic mass is 32.1. The Kier molecular flexibility index (Phi) is 5.23. The lowest BCUT2D eigenvalue weighted by Crippen LogP contribution is -1.93. The average Bonchev–Trinajstić information content (AvgIpc) is 3.59. The minimum Gasteiger partial charge on any atom is -0.265 e. The number of rotatable bonds is 5. The van der Waals surface area contributed by atoms with Gasteiger partial charge in [0, 0.05) is 35.1 Å². The monoisotopic (exact) mass is 437 g/mol. The van der Waals surface area contributed by atoms with Crippen molar-refractivity contribution in [1.82, 2.24) is 19.7 Å². The van der Waals surface area contributed by atoms with Crippen molar-refractivity contribution in [3.8, 4) is 33.6 Å². The molecule has 0 amide bonds. The number of pyridine rings is 1. The lowest BCUT2D eigenvalue weighted by molar-refractivity contribution is 0.885. The van der Waals surface area contributed by atoms with E-state index in [0.29, 0.717) is 10.6 Å². The van der Waals surface area contributed by atoms with Crippen LogP contribution in [0.4, 0.5) is 0 Å². The van der Waals surface area contributed by atoms with Crippen LogP contribution in [0.1, 0.15) is 10.6 Å². The number of nitrogens with zero attached hydrogens (tertiary/aromatic N) is 5. The van der Waals surface area contributed by atoms with E-state index >= 15 is 0 Å². The SMILES string of the molecule is N#C/C(=C/c1cn(-c2ccccc2)nc1-c1cccs1)c1nc(-c2ccncc2)cs1. The van der Waals surface area contributed by atoms with Gasteiger partial charge in [-0.25, -0.2) is 9.67 Å². The minimum absolute atomic E-state index is 0.510. The normalized spacial score (nSPS) is 11.4. The van der Waals surface area contributed by atoms with Crippen molar-refractivity contribution in [3.63, 3.8) is 0 Å². The van der Waals surface area contributed by atoms with E-state index in [2.05, 4.69) is 16.0 Å². The molecule has 1 aromatic carbocycles. The summed E-state index contributed by atoms with van der Waals surface area (Å²) in [6.07, 6.45) is 7.30. The second-order valence-corrected chi connectivity index (χ2v) is 8.44. The highest BCUT2D eigenvalue weighted by Crippen LogP contribution is 2.32. The number of thiophene rings is 1. The summed E-state index contributed by atoms with van der Waals surface area (Å²) in [7, 11) is 0. The molecule has 4 heterocycles. The van der Waals surface area contributed by atoms with Crippen LogP contribution in [0.3, 0.4) is 0 Å². The molecule has 5 rings (SSSR count). The molecule has 0 fully saturated rings. The van der Waals surface area contributed by atoms with Gasteiger partial charge in [0.05, 0.1) is 21.8 Å². The van der Waals surface area contributed by atoms with Crippen molar-refractivity contribution in [2.75, 3.05) is 0 Å². The van der Waals surface area contributed by atoms with Gasteiger partial charge in [0.25, 0.3) is 0 Å². The first kappa shape index (κ1) is 19.1. The zero-order valence-electron chi connectivity index (χ0n) is 16.2. The van der Waals surface area contributed by atoms with Gasteiger partial charge in [0.2, 0.25) is 0 Å². The van der Waals surface area contributed by atoms with Gasteiger partial charge in [0.1, 0.15) is 16.8 Å². The molecule has 0 aliphatic carbocycles. The van der Waals surface area contributed by atoms with Gasteiger partial charge in [-0.15, -0.1) is 22.7 Å². The number of para-hydroxylation sites is 1. The van der Waals surface area contributed by atoms with Crippen molar-refractivity contribution in [2.24, 2.45) is 0 Å². The fourth-order valence-corrected chi connectivity index (χ4v) is 4.69. The molecule has 148 valence electrons. The van der Waals surface area contributed by atoms with Crippen LogP contribution in [-0.2, 0) is 0 Å². The Bertz CT molecular complexity index is 1380. The first-order valence-electron chi connectivity index (χ1n) is 9.49. The van der Waals surface area contributed by atoms with E-state index in [1.54, 1.807) is 23.7 Å². The predicted octanol–water partition coefficient (Wildman–Crippen LogP) is 6.18. The van der Waals surface area contributed by atoms with Gasteiger partial charge < -0.3 is 0 Å². The van der Waals surface area contributed by atoms with E-state index < -0.39 is 0 Å². The van der Waals surface area contributed by atoms with Crippen LogP contribution in [0.2, 0.25) is 0 Å². The van der Waals surface area contributed by atoms with Crippen molar-refractivity contribution >= 4 is 34.3 Å². The van der Waals surface area contributed by atoms with Crippen LogP contribution >= 0.6 is 22.7 Å². The Labute approximate surface area is 187 Å². The smallest absolute Gasteiger partial charge is 0.134 e. The van der Waals surface area contributed by atoms with Crippen molar-refractivity contribution < 1.29 is 0 Å². The number of allylic oxidation sites excluding steroid dienone is 1. The molecule has 0 unspecified atom stereocenters. The van der Waals surface area contributed by atoms with Gasteiger partial charge in [-0.3, -0.25) is 4.98 Å². The lowest BCUT2D eigenvalue weighted by Gasteiger charge is -1.99. The highest BCUT2D eigenvalue weighted by molar-refractivity contribution is 7.13. The second kappa shape index (κ2) is 8.48. The molecule has 0 aliphatic heterocycles. The van der Waals surface area contributed by atoms with Gasteiger partial charge in [-0.05, 0) is 41.8 Å². The number of benzene rings is 1. The molecule has 5 aromatic rings. The third kappa shape index (κ3) is 3.94. The van der Waals surface area contributed by atoms with Crippen LogP contribution < -0.4 is 0 Å². The summed E-state index contributed by atoms with van der Waals surface area (Å²) < 4.78 is 1.85. The summed E-state index contributed by atoms with van der Waals surface area (Å²) >= 11 is 3.08. The Morgan fingerprint density at radius 3 is 2.58 bits per heavy atom. The molecule has 0 atom stereocenters. The number of thiazole rings is 1. The Morgan fingerprint density at radius 2 is 1.84 bits per heavy atom. The van der Waals surface area contributed by atoms with Crippen LogP contribution in [0.25, 0.3) is 39.2 Å². The van der Waals surface area contributed by atoms with Gasteiger partial charge in [-0.1, -0.05) is 24.3 Å². The summed E-state index contributed by atoms with van der Waals surface area (Å²) in [5.41, 5.74) is 5.01. The summed E-state index contributed by atoms with van der Waals surface area (Å²) in [6, 6.07) is 20.1. The zero-order chi connectivity index (χ0) is 21.0. The minimum atomic E-state index is 0.510. The van der Waals surface area contributed by atoms with Crippen molar-refractivity contribution in [2.45, 2.75) is 0 Å². The molecule has 0 saturated carbocycles. The van der Waals surface area contributed by atoms with Gasteiger partial charge >= 0.3 is 0 Å². The molecule has 0 spiro atoms. The maximum absolute atomic E-state index is 9.88. The van der Waals surface area contributed by atoms with E-state index in [1.807, 2.05) is 82.3 Å². The van der Waals surface area contributed by atoms with Crippen molar-refractivity contribution in [3.05, 3.63) is 94.5 Å². The Morgan fingerprint density at radius 1 is 1.00 bits per heavy atom. The molecule has 4 aromatic heterocycles. The summed E-state index contributed by atoms with van der Waals surface area (Å²) in [6.45, 7) is 0. The quantitative estimate of drug-likeness (QED) is 0.308. The third-order valence-corrected chi connectivity index (χ3v) is 6.40. The van der Waals surface area contributed by atoms with Crippen LogP contribution in [0.15, 0.2) is 83.9 Å². The first-order valence-corrected chi connectivity index (χ1v) is 11.2. The molecule has 31 heavy (non-hydrogen) atoms. The molecule has 0 aliphatic rings. The summed E-state index contributed by atoms with van der Waals surface area (Å²) in [4.78, 5) is 9.78. The molecular weight excluding hydrogens is 422 g/mol. The highest BCUT2D eigenvalue weighted by Gasteiger charge is 2.15.